The molecule has 2 amide bonds. The molecule has 0 saturated carbocycles. The summed E-state index contributed by atoms with van der Waals surface area (Å²) in [6, 6.07) is 10.9. The Bertz CT molecular complexity index is 1280. The van der Waals surface area contributed by atoms with Crippen molar-refractivity contribution in [3.63, 3.8) is 0 Å². The molecule has 0 unspecified atom stereocenters. The zero-order valence-electron chi connectivity index (χ0n) is 16.0. The quantitative estimate of drug-likeness (QED) is 0.484. The van der Waals surface area contributed by atoms with Gasteiger partial charge < -0.3 is 10.6 Å². The third kappa shape index (κ3) is 4.03. The lowest BCUT2D eigenvalue weighted by Crippen LogP contribution is -2.32. The summed E-state index contributed by atoms with van der Waals surface area (Å²) in [6.45, 7) is 0.129. The molecule has 30 heavy (non-hydrogen) atoms. The van der Waals surface area contributed by atoms with E-state index in [0.717, 1.165) is 16.0 Å². The molecule has 0 bridgehead atoms. The van der Waals surface area contributed by atoms with Gasteiger partial charge in [-0.1, -0.05) is 18.2 Å². The van der Waals surface area contributed by atoms with E-state index in [2.05, 4.69) is 15.6 Å². The number of fused-ring (bicyclic) bond motifs is 1. The van der Waals surface area contributed by atoms with Crippen molar-refractivity contribution in [2.45, 2.75) is 13.1 Å². The normalized spacial score (nSPS) is 10.8. The average Bonchev–Trinajstić information content (AvgIpc) is 3.44. The maximum Gasteiger partial charge on any atom is 0.263 e. The van der Waals surface area contributed by atoms with Crippen molar-refractivity contribution in [2.24, 2.45) is 0 Å². The van der Waals surface area contributed by atoms with Crippen LogP contribution < -0.4 is 16.2 Å². The van der Waals surface area contributed by atoms with Gasteiger partial charge in [0.05, 0.1) is 11.7 Å². The molecular formula is C21H18N4O3S2. The second-order valence-electron chi connectivity index (χ2n) is 6.54. The van der Waals surface area contributed by atoms with Crippen LogP contribution in [0.25, 0.3) is 20.7 Å². The van der Waals surface area contributed by atoms with Crippen LogP contribution in [-0.4, -0.2) is 28.4 Å². The molecule has 4 aromatic rings. The van der Waals surface area contributed by atoms with Gasteiger partial charge in [0.2, 0.25) is 5.91 Å². The minimum atomic E-state index is -0.309. The summed E-state index contributed by atoms with van der Waals surface area (Å²) in [6.07, 6.45) is 1.41. The monoisotopic (exact) mass is 438 g/mol. The minimum Gasteiger partial charge on any atom is -0.355 e. The minimum absolute atomic E-state index is 0.128. The van der Waals surface area contributed by atoms with Crippen molar-refractivity contribution in [3.8, 4) is 10.4 Å². The van der Waals surface area contributed by atoms with Crippen LogP contribution in [0.4, 0.5) is 0 Å². The number of hydrogen-bond donors (Lipinski definition) is 2. The summed E-state index contributed by atoms with van der Waals surface area (Å²) >= 11 is 2.97. The van der Waals surface area contributed by atoms with Gasteiger partial charge in [-0.05, 0) is 29.1 Å². The van der Waals surface area contributed by atoms with Crippen molar-refractivity contribution in [1.29, 1.82) is 0 Å². The highest BCUT2D eigenvalue weighted by atomic mass is 32.1. The molecular weight excluding hydrogens is 420 g/mol. The number of nitrogens with zero attached hydrogens (tertiary/aromatic N) is 2. The van der Waals surface area contributed by atoms with E-state index in [9.17, 15) is 14.4 Å². The fraction of sp³-hybridized carbons (Fsp3) is 0.143. The van der Waals surface area contributed by atoms with Crippen molar-refractivity contribution in [2.75, 3.05) is 7.05 Å². The van der Waals surface area contributed by atoms with E-state index < -0.39 is 0 Å². The number of benzene rings is 1. The van der Waals surface area contributed by atoms with Gasteiger partial charge in [-0.2, -0.15) is 0 Å². The van der Waals surface area contributed by atoms with Crippen LogP contribution in [0.3, 0.4) is 0 Å². The Hall–Kier alpha value is -3.30. The number of carbonyl (C=O) groups excluding carboxylic acids is 2. The molecule has 7 nitrogen and oxygen atoms in total. The Morgan fingerprint density at radius 1 is 1.17 bits per heavy atom. The standard InChI is InChI=1S/C21H18N4O3S2/c1-22-19(27)14-5-2-4-13(8-14)9-23-17(26)10-25-12-24-20-18(21(25)28)15(11-30-20)16-6-3-7-29-16/h2-8,11-12H,9-10H2,1H3,(H,22,27)(H,23,26). The molecule has 0 atom stereocenters. The summed E-state index contributed by atoms with van der Waals surface area (Å²) in [4.78, 5) is 43.1. The van der Waals surface area contributed by atoms with E-state index >= 15 is 0 Å². The molecule has 0 fully saturated rings. The number of aromatic nitrogens is 2. The van der Waals surface area contributed by atoms with Crippen LogP contribution in [0.5, 0.6) is 0 Å². The van der Waals surface area contributed by atoms with Gasteiger partial charge in [-0.3, -0.25) is 19.0 Å². The highest BCUT2D eigenvalue weighted by molar-refractivity contribution is 7.18. The molecule has 9 heteroatoms. The maximum absolute atomic E-state index is 13.0. The predicted octanol–water partition coefficient (Wildman–Crippen LogP) is 2.86. The lowest BCUT2D eigenvalue weighted by Gasteiger charge is -2.09. The van der Waals surface area contributed by atoms with E-state index in [1.807, 2.05) is 29.0 Å². The number of amides is 2. The summed E-state index contributed by atoms with van der Waals surface area (Å²) in [5, 5.41) is 9.78. The summed E-state index contributed by atoms with van der Waals surface area (Å²) < 4.78 is 1.32. The van der Waals surface area contributed by atoms with Crippen molar-refractivity contribution in [1.82, 2.24) is 20.2 Å². The Labute approximate surface area is 180 Å². The number of rotatable bonds is 6. The average molecular weight is 439 g/mol. The van der Waals surface area contributed by atoms with Gasteiger partial charge in [0.25, 0.3) is 11.5 Å². The molecule has 3 heterocycles. The first-order valence-electron chi connectivity index (χ1n) is 9.15. The Morgan fingerprint density at radius 3 is 2.80 bits per heavy atom. The lowest BCUT2D eigenvalue weighted by atomic mass is 10.1. The third-order valence-electron chi connectivity index (χ3n) is 4.57. The van der Waals surface area contributed by atoms with E-state index in [4.69, 9.17) is 0 Å². The van der Waals surface area contributed by atoms with Gasteiger partial charge in [0.15, 0.2) is 0 Å². The first kappa shape index (κ1) is 20.0. The van der Waals surface area contributed by atoms with Crippen LogP contribution in [0, 0.1) is 0 Å². The summed E-state index contributed by atoms with van der Waals surface area (Å²) in [5.41, 5.74) is 1.93. The fourth-order valence-corrected chi connectivity index (χ4v) is 4.79. The maximum atomic E-state index is 13.0. The SMILES string of the molecule is CNC(=O)c1cccc(CNC(=O)Cn2cnc3scc(-c4cccs4)c3c2=O)c1. The largest absolute Gasteiger partial charge is 0.355 e. The smallest absolute Gasteiger partial charge is 0.263 e. The zero-order chi connectivity index (χ0) is 21.1. The van der Waals surface area contributed by atoms with Crippen LogP contribution in [0.1, 0.15) is 15.9 Å². The second-order valence-corrected chi connectivity index (χ2v) is 8.35. The van der Waals surface area contributed by atoms with Gasteiger partial charge >= 0.3 is 0 Å². The first-order chi connectivity index (χ1) is 14.6. The molecule has 152 valence electrons. The first-order valence-corrected chi connectivity index (χ1v) is 10.9. The molecule has 0 radical (unpaired) electrons. The Kier molecular flexibility index (Phi) is 5.73. The van der Waals surface area contributed by atoms with Gasteiger partial charge in [0.1, 0.15) is 11.4 Å². The predicted molar refractivity (Wildman–Crippen MR) is 119 cm³/mol. The molecule has 2 N–H and O–H groups in total. The number of carbonyl (C=O) groups is 2. The summed E-state index contributed by atoms with van der Waals surface area (Å²) in [5.74, 6) is -0.497. The molecule has 0 spiro atoms. The van der Waals surface area contributed by atoms with E-state index in [1.54, 1.807) is 36.6 Å². The molecule has 0 aliphatic rings. The van der Waals surface area contributed by atoms with Gasteiger partial charge in [0, 0.05) is 35.0 Å². The van der Waals surface area contributed by atoms with E-state index in [1.165, 1.54) is 22.2 Å². The van der Waals surface area contributed by atoms with Crippen LogP contribution >= 0.6 is 22.7 Å². The van der Waals surface area contributed by atoms with Crippen molar-refractivity contribution >= 4 is 44.7 Å². The number of nitrogens with one attached hydrogen (secondary N) is 2. The lowest BCUT2D eigenvalue weighted by molar-refractivity contribution is -0.121. The number of hydrogen-bond acceptors (Lipinski definition) is 6. The van der Waals surface area contributed by atoms with Crippen molar-refractivity contribution < 1.29 is 9.59 Å². The molecule has 0 saturated heterocycles. The molecule has 3 aromatic heterocycles. The third-order valence-corrected chi connectivity index (χ3v) is 6.36. The van der Waals surface area contributed by atoms with Crippen LogP contribution in [0.2, 0.25) is 0 Å². The molecule has 1 aromatic carbocycles. The number of thiophene rings is 2. The topological polar surface area (TPSA) is 93.1 Å². The highest BCUT2D eigenvalue weighted by Crippen LogP contribution is 2.33. The van der Waals surface area contributed by atoms with E-state index in [0.29, 0.717) is 15.8 Å². The Balaban J connectivity index is 1.50. The van der Waals surface area contributed by atoms with Crippen LogP contribution in [0.15, 0.2) is 58.3 Å². The van der Waals surface area contributed by atoms with Crippen molar-refractivity contribution in [3.05, 3.63) is 75.0 Å². The van der Waals surface area contributed by atoms with E-state index in [-0.39, 0.29) is 30.5 Å². The van der Waals surface area contributed by atoms with Gasteiger partial charge in [-0.25, -0.2) is 4.98 Å². The Morgan fingerprint density at radius 2 is 2.03 bits per heavy atom. The summed E-state index contributed by atoms with van der Waals surface area (Å²) in [7, 11) is 1.57. The molecule has 0 aliphatic carbocycles. The second kappa shape index (κ2) is 8.60. The molecule has 0 aliphatic heterocycles. The van der Waals surface area contributed by atoms with Crippen LogP contribution in [-0.2, 0) is 17.9 Å². The van der Waals surface area contributed by atoms with Gasteiger partial charge in [-0.15, -0.1) is 22.7 Å². The highest BCUT2D eigenvalue weighted by Gasteiger charge is 2.15. The zero-order valence-corrected chi connectivity index (χ0v) is 17.7. The fourth-order valence-electron chi connectivity index (χ4n) is 3.07. The molecule has 4 rings (SSSR count).